The molecule has 2 aromatic carbocycles. The van der Waals surface area contributed by atoms with E-state index in [0.29, 0.717) is 60.1 Å². The van der Waals surface area contributed by atoms with Crippen LogP contribution < -0.4 is 15.5 Å². The summed E-state index contributed by atoms with van der Waals surface area (Å²) in [6, 6.07) is 19.2. The number of hydrogen-bond acceptors (Lipinski definition) is 16. The zero-order valence-corrected chi connectivity index (χ0v) is 39.7. The van der Waals surface area contributed by atoms with Crippen LogP contribution in [-0.2, 0) is 36.9 Å². The number of ether oxygens (including phenoxy) is 3. The minimum absolute atomic E-state index is 0. The molecule has 23 heteroatoms. The van der Waals surface area contributed by atoms with E-state index < -0.39 is 6.48 Å². The number of oxime groups is 1. The Morgan fingerprint density at radius 3 is 1.64 bits per heavy atom. The first kappa shape index (κ1) is 51.5. The molecule has 69 heavy (non-hydrogen) atoms. The summed E-state index contributed by atoms with van der Waals surface area (Å²) < 4.78 is 21.8. The number of anilines is 2. The average Bonchev–Trinajstić information content (AvgIpc) is 4.13. The maximum Gasteiger partial charge on any atom is 0.270 e. The number of aromatic nitrogens is 8. The lowest BCUT2D eigenvalue weighted by Gasteiger charge is -2.36. The fraction of sp³-hybridized carbons (Fsp3) is 0.370. The molecule has 2 amide bonds. The molecule has 2 aliphatic rings. The Hall–Kier alpha value is -6.91. The van der Waals surface area contributed by atoms with Crippen molar-refractivity contribution in [2.24, 2.45) is 10.9 Å². The van der Waals surface area contributed by atoms with Crippen LogP contribution in [0.5, 0.6) is 0 Å². The predicted octanol–water partition coefficient (Wildman–Crippen LogP) is 5.47. The van der Waals surface area contributed by atoms with Crippen molar-refractivity contribution < 1.29 is 33.5 Å². The third kappa shape index (κ3) is 12.2. The van der Waals surface area contributed by atoms with Gasteiger partial charge < -0.3 is 49.3 Å². The van der Waals surface area contributed by atoms with E-state index >= 15 is 0 Å². The van der Waals surface area contributed by atoms with Crippen LogP contribution in [0, 0.1) is 13.8 Å². The number of rotatable bonds is 11. The van der Waals surface area contributed by atoms with Gasteiger partial charge in [-0.15, -0.1) is 0 Å². The van der Waals surface area contributed by atoms with Gasteiger partial charge >= 0.3 is 0 Å². The van der Waals surface area contributed by atoms with Gasteiger partial charge in [0.05, 0.1) is 10.8 Å². The molecule has 2 fully saturated rings. The Kier molecular flexibility index (Phi) is 17.8. The molecule has 2 aliphatic heterocycles. The lowest BCUT2D eigenvalue weighted by atomic mass is 10.2. The maximum atomic E-state index is 13.0. The standard InChI is InChI=1S/C21H20ClN7O2.C20H22ClN7O2.C4H10O3.CH4/c1-14-11-15(4-5-17(14)22)27-7-9-28(10-8-27)18(30)12-29-21-16(3-2-6-23-21)19(25-29)20-24-13-31-26-20;1-13-11-14(4-5-16(13)21)26-7-9-27(10-8-26)17(29)12-28-20-15(3-2-6-23-20)18(24-28)19(22)25-30;1-5-4(6-2)7-3;/h2-6,11,13H,7-10,12H2,1H3;2-6,11,30H,7-10,12H2,1H3,(H2,22,25);4H,1-3H3;1H4. The Bertz CT molecular complexity index is 2830. The molecule has 0 saturated carbocycles. The second-order valence-corrected chi connectivity index (χ2v) is 16.4. The van der Waals surface area contributed by atoms with Gasteiger partial charge in [0.2, 0.25) is 24.0 Å². The zero-order valence-electron chi connectivity index (χ0n) is 38.2. The number of halogens is 2. The largest absolute Gasteiger partial charge is 0.409 e. The predicted molar refractivity (Wildman–Crippen MR) is 262 cm³/mol. The first-order valence-electron chi connectivity index (χ1n) is 21.5. The molecule has 2 saturated heterocycles. The van der Waals surface area contributed by atoms with Crippen LogP contribution in [0.3, 0.4) is 0 Å². The van der Waals surface area contributed by atoms with Crippen LogP contribution in [0.25, 0.3) is 33.6 Å². The van der Waals surface area contributed by atoms with Crippen LogP contribution >= 0.6 is 23.2 Å². The van der Waals surface area contributed by atoms with Crippen molar-refractivity contribution in [3.63, 3.8) is 0 Å². The normalized spacial score (nSPS) is 14.1. The highest BCUT2D eigenvalue weighted by Crippen LogP contribution is 2.27. The van der Waals surface area contributed by atoms with Crippen LogP contribution in [0.4, 0.5) is 11.4 Å². The second-order valence-electron chi connectivity index (χ2n) is 15.6. The summed E-state index contributed by atoms with van der Waals surface area (Å²) in [5.41, 5.74) is 12.0. The molecule has 0 spiro atoms. The third-order valence-corrected chi connectivity index (χ3v) is 12.2. The molecule has 0 bridgehead atoms. The highest BCUT2D eigenvalue weighted by Gasteiger charge is 2.26. The number of methoxy groups -OCH3 is 3. The van der Waals surface area contributed by atoms with E-state index in [2.05, 4.69) is 71.6 Å². The van der Waals surface area contributed by atoms with Crippen molar-refractivity contribution in [2.45, 2.75) is 40.8 Å². The second kappa shape index (κ2) is 23.9. The summed E-state index contributed by atoms with van der Waals surface area (Å²) in [5, 5.41) is 27.7. The molecule has 21 nitrogen and oxygen atoms in total. The molecular formula is C46H56Cl2N14O7. The zero-order chi connectivity index (χ0) is 48.3. The van der Waals surface area contributed by atoms with Gasteiger partial charge in [-0.3, -0.25) is 9.59 Å². The molecule has 3 N–H and O–H groups in total. The highest BCUT2D eigenvalue weighted by molar-refractivity contribution is 6.31. The van der Waals surface area contributed by atoms with Crippen LogP contribution in [-0.4, -0.2) is 152 Å². The minimum Gasteiger partial charge on any atom is -0.409 e. The van der Waals surface area contributed by atoms with Gasteiger partial charge in [0.1, 0.15) is 24.5 Å². The molecular weight excluding hydrogens is 932 g/mol. The van der Waals surface area contributed by atoms with Crippen molar-refractivity contribution in [1.29, 1.82) is 0 Å². The number of carbonyl (C=O) groups excluding carboxylic acids is 2. The fourth-order valence-electron chi connectivity index (χ4n) is 7.74. The van der Waals surface area contributed by atoms with Gasteiger partial charge in [0, 0.05) is 108 Å². The van der Waals surface area contributed by atoms with E-state index in [1.54, 1.807) is 29.2 Å². The lowest BCUT2D eigenvalue weighted by Crippen LogP contribution is -2.49. The number of carbonyl (C=O) groups is 2. The first-order valence-corrected chi connectivity index (χ1v) is 22.2. The highest BCUT2D eigenvalue weighted by atomic mass is 35.5. The number of piperazine rings is 2. The molecule has 0 radical (unpaired) electrons. The minimum atomic E-state index is -0.514. The average molecular weight is 988 g/mol. The number of pyridine rings is 2. The number of fused-ring (bicyclic) bond motifs is 2. The van der Waals surface area contributed by atoms with E-state index in [9.17, 15) is 9.59 Å². The number of amidine groups is 1. The number of hydrogen-bond donors (Lipinski definition) is 2. The maximum absolute atomic E-state index is 13.0. The van der Waals surface area contributed by atoms with E-state index in [4.69, 9.17) is 38.7 Å². The van der Waals surface area contributed by atoms with E-state index in [0.717, 1.165) is 64.1 Å². The number of nitrogens with zero attached hydrogens (tertiary/aromatic N) is 13. The van der Waals surface area contributed by atoms with E-state index in [1.807, 2.05) is 60.0 Å². The van der Waals surface area contributed by atoms with Crippen molar-refractivity contribution in [3.8, 4) is 11.5 Å². The third-order valence-electron chi connectivity index (χ3n) is 11.4. The molecule has 5 aromatic heterocycles. The number of benzene rings is 2. The Morgan fingerprint density at radius 1 is 0.725 bits per heavy atom. The summed E-state index contributed by atoms with van der Waals surface area (Å²) in [6.07, 6.45) is 4.55. The molecule has 7 heterocycles. The molecule has 0 atom stereocenters. The summed E-state index contributed by atoms with van der Waals surface area (Å²) in [6.45, 7) is 9.11. The SMILES string of the molecule is C.COC(OC)OC.Cc1cc(N2CCN(C(=O)Cn3nc(-c4ncon4)c4cccnc43)CC2)ccc1Cl.Cc1cc(N2CCN(C(=O)Cn3nc(/C(N)=N/O)c4cccnc43)CC2)ccc1Cl. The first-order chi connectivity index (χ1) is 32.9. The van der Waals surface area contributed by atoms with Gasteiger partial charge in [0.25, 0.3) is 6.48 Å². The van der Waals surface area contributed by atoms with Crippen LogP contribution in [0.15, 0.2) is 89.1 Å². The van der Waals surface area contributed by atoms with Crippen molar-refractivity contribution in [1.82, 2.24) is 49.5 Å². The monoisotopic (exact) mass is 986 g/mol. The Balaban J connectivity index is 0.000000197. The Morgan fingerprint density at radius 2 is 1.20 bits per heavy atom. The lowest BCUT2D eigenvalue weighted by molar-refractivity contribution is -0.252. The van der Waals surface area contributed by atoms with Gasteiger partial charge in [0.15, 0.2) is 17.1 Å². The van der Waals surface area contributed by atoms with E-state index in [-0.39, 0.29) is 38.2 Å². The molecule has 9 rings (SSSR count). The molecule has 0 unspecified atom stereocenters. The van der Waals surface area contributed by atoms with Gasteiger partial charge in [-0.2, -0.15) is 15.2 Å². The smallest absolute Gasteiger partial charge is 0.270 e. The summed E-state index contributed by atoms with van der Waals surface area (Å²) in [5.74, 6) is 0.201. The van der Waals surface area contributed by atoms with Crippen LogP contribution in [0.2, 0.25) is 10.0 Å². The topological polar surface area (TPSA) is 234 Å². The fourth-order valence-corrected chi connectivity index (χ4v) is 7.98. The van der Waals surface area contributed by atoms with Gasteiger partial charge in [-0.05, 0) is 85.6 Å². The molecule has 366 valence electrons. The Labute approximate surface area is 408 Å². The number of amides is 2. The van der Waals surface area contributed by atoms with Crippen molar-refractivity contribution in [2.75, 3.05) is 83.5 Å². The summed E-state index contributed by atoms with van der Waals surface area (Å²) in [7, 11) is 4.53. The summed E-state index contributed by atoms with van der Waals surface area (Å²) >= 11 is 12.3. The van der Waals surface area contributed by atoms with E-state index in [1.165, 1.54) is 32.4 Å². The van der Waals surface area contributed by atoms with Crippen LogP contribution in [0.1, 0.15) is 24.2 Å². The van der Waals surface area contributed by atoms with Gasteiger partial charge in [-0.1, -0.05) is 40.9 Å². The van der Waals surface area contributed by atoms with Crippen molar-refractivity contribution in [3.05, 3.63) is 106 Å². The summed E-state index contributed by atoms with van der Waals surface area (Å²) in [4.78, 5) is 46.9. The number of aryl methyl sites for hydroxylation is 2. The number of nitrogens with two attached hydrogens (primary N) is 1. The molecule has 7 aromatic rings. The molecule has 0 aliphatic carbocycles. The van der Waals surface area contributed by atoms with Crippen molar-refractivity contribution >= 4 is 74.3 Å². The quantitative estimate of drug-likeness (QED) is 0.0537. The van der Waals surface area contributed by atoms with Gasteiger partial charge in [-0.25, -0.2) is 19.3 Å².